The molecule has 0 fully saturated rings. The third kappa shape index (κ3) is 4.77. The molecule has 11 heteroatoms. The monoisotopic (exact) mass is 457 g/mol. The number of anilines is 1. The first-order valence-electron chi connectivity index (χ1n) is 9.96. The molecule has 0 radical (unpaired) electrons. The lowest BCUT2D eigenvalue weighted by molar-refractivity contribution is -0.391. The van der Waals surface area contributed by atoms with E-state index in [4.69, 9.17) is 0 Å². The van der Waals surface area contributed by atoms with E-state index in [1.807, 2.05) is 12.1 Å². The van der Waals surface area contributed by atoms with E-state index in [-0.39, 0.29) is 16.6 Å². The van der Waals surface area contributed by atoms with Crippen LogP contribution in [0.25, 0.3) is 10.8 Å². The van der Waals surface area contributed by atoms with Crippen molar-refractivity contribution < 1.29 is 10.0 Å². The van der Waals surface area contributed by atoms with Gasteiger partial charge in [-0.2, -0.15) is 5.10 Å². The molecule has 0 spiro atoms. The number of phenols is 1. The number of aromatic hydroxyl groups is 1. The molecule has 0 saturated heterocycles. The zero-order valence-corrected chi connectivity index (χ0v) is 20.0. The maximum atomic E-state index is 11.0. The molecule has 0 saturated carbocycles. The number of nitro groups is 1. The van der Waals surface area contributed by atoms with Crippen molar-refractivity contribution in [3.63, 3.8) is 0 Å². The molecule has 32 heavy (non-hydrogen) atoms. The summed E-state index contributed by atoms with van der Waals surface area (Å²) < 4.78 is 1.35. The molecule has 0 aliphatic rings. The highest BCUT2D eigenvalue weighted by atomic mass is 32.1. The van der Waals surface area contributed by atoms with Crippen LogP contribution in [0.4, 0.5) is 10.9 Å². The van der Waals surface area contributed by atoms with Crippen LogP contribution >= 0.6 is 11.3 Å². The average molecular weight is 458 g/mol. The van der Waals surface area contributed by atoms with Gasteiger partial charge in [-0.25, -0.2) is 9.55 Å². The minimum atomic E-state index is -0.504. The van der Waals surface area contributed by atoms with Crippen LogP contribution < -0.4 is 5.43 Å². The summed E-state index contributed by atoms with van der Waals surface area (Å²) in [6.07, 6.45) is 2.85. The maximum Gasteiger partial charge on any atom is 0.342 e. The second-order valence-corrected chi connectivity index (χ2v) is 10.5. The van der Waals surface area contributed by atoms with Crippen LogP contribution in [0.3, 0.4) is 0 Å². The van der Waals surface area contributed by atoms with Gasteiger partial charge in [-0.05, 0) is 33.4 Å². The molecule has 2 aromatic heterocycles. The van der Waals surface area contributed by atoms with Gasteiger partial charge in [-0.1, -0.05) is 52.9 Å². The summed E-state index contributed by atoms with van der Waals surface area (Å²) in [4.78, 5) is 14.6. The van der Waals surface area contributed by atoms with Crippen molar-refractivity contribution in [3.05, 3.63) is 45.1 Å². The Balaban J connectivity index is 1.85. The fourth-order valence-electron chi connectivity index (χ4n) is 3.16. The van der Waals surface area contributed by atoms with Crippen LogP contribution in [0.15, 0.2) is 23.4 Å². The first-order valence-corrected chi connectivity index (χ1v) is 10.8. The predicted octanol–water partition coefficient (Wildman–Crippen LogP) is 4.59. The number of aromatic nitrogens is 4. The minimum absolute atomic E-state index is 0.126. The Kier molecular flexibility index (Phi) is 6.05. The Hall–Kier alpha value is -3.34. The quantitative estimate of drug-likeness (QED) is 0.325. The van der Waals surface area contributed by atoms with Crippen molar-refractivity contribution in [3.8, 4) is 16.6 Å². The standard InChI is InChI=1S/C21H27N7O3S/c1-20(2,3)13-8-12(9-14(16(13)29)21(4,5)6)10-23-25-19-26-24-18(32-19)17-22-11-15(27(17)7)28(30)31/h8-11,29H,1-7H3,(H,25,26)/b23-10-. The lowest BCUT2D eigenvalue weighted by Crippen LogP contribution is -2.17. The average Bonchev–Trinajstić information content (AvgIpc) is 3.27. The first-order chi connectivity index (χ1) is 14.8. The SMILES string of the molecule is Cn1c([N+](=O)[O-])cnc1-c1nnc(N/N=C\c2cc(C(C)(C)C)c(O)c(C(C)(C)C)c2)s1. The maximum absolute atomic E-state index is 11.0. The number of hydrogen-bond acceptors (Lipinski definition) is 9. The number of imidazole rings is 1. The predicted molar refractivity (Wildman–Crippen MR) is 125 cm³/mol. The number of nitrogens with zero attached hydrogens (tertiary/aromatic N) is 6. The fraction of sp³-hybridized carbons (Fsp3) is 0.429. The van der Waals surface area contributed by atoms with Crippen molar-refractivity contribution in [1.82, 2.24) is 19.7 Å². The molecule has 3 rings (SSSR count). The molecule has 2 N–H and O–H groups in total. The highest BCUT2D eigenvalue weighted by molar-refractivity contribution is 7.18. The summed E-state index contributed by atoms with van der Waals surface area (Å²) in [5, 5.41) is 35.0. The zero-order chi connectivity index (χ0) is 23.8. The van der Waals surface area contributed by atoms with Gasteiger partial charge < -0.3 is 15.2 Å². The Bertz CT molecular complexity index is 1150. The van der Waals surface area contributed by atoms with Gasteiger partial charge in [0.1, 0.15) is 11.9 Å². The third-order valence-corrected chi connectivity index (χ3v) is 5.71. The molecule has 0 aliphatic heterocycles. The molecular formula is C21H27N7O3S. The number of phenolic OH excluding ortho intramolecular Hbond substituents is 1. The number of hydrazone groups is 1. The van der Waals surface area contributed by atoms with Crippen molar-refractivity contribution in [2.45, 2.75) is 52.4 Å². The largest absolute Gasteiger partial charge is 0.507 e. The lowest BCUT2D eigenvalue weighted by atomic mass is 9.78. The summed E-state index contributed by atoms with van der Waals surface area (Å²) in [6, 6.07) is 3.85. The van der Waals surface area contributed by atoms with Crippen molar-refractivity contribution >= 4 is 28.5 Å². The topological polar surface area (TPSA) is 131 Å². The van der Waals surface area contributed by atoms with Crippen molar-refractivity contribution in [2.24, 2.45) is 12.1 Å². The van der Waals surface area contributed by atoms with Gasteiger partial charge in [-0.3, -0.25) is 5.43 Å². The molecule has 0 bridgehead atoms. The van der Waals surface area contributed by atoms with E-state index < -0.39 is 4.92 Å². The van der Waals surface area contributed by atoms with E-state index in [0.717, 1.165) is 16.7 Å². The van der Waals surface area contributed by atoms with Crippen LogP contribution in [0.5, 0.6) is 5.75 Å². The summed E-state index contributed by atoms with van der Waals surface area (Å²) in [6.45, 7) is 12.3. The Morgan fingerprint density at radius 3 is 2.25 bits per heavy atom. The number of nitrogens with one attached hydrogen (secondary N) is 1. The van der Waals surface area contributed by atoms with Gasteiger partial charge in [0.25, 0.3) is 5.82 Å². The smallest absolute Gasteiger partial charge is 0.342 e. The minimum Gasteiger partial charge on any atom is -0.507 e. The van der Waals surface area contributed by atoms with E-state index in [0.29, 0.717) is 21.7 Å². The number of hydrogen-bond donors (Lipinski definition) is 2. The molecule has 2 heterocycles. The van der Waals surface area contributed by atoms with Gasteiger partial charge in [0.15, 0.2) is 0 Å². The zero-order valence-electron chi connectivity index (χ0n) is 19.2. The molecule has 0 unspecified atom stereocenters. The van der Waals surface area contributed by atoms with E-state index in [1.54, 1.807) is 13.3 Å². The third-order valence-electron chi connectivity index (χ3n) is 4.89. The van der Waals surface area contributed by atoms with Crippen LogP contribution in [0.1, 0.15) is 58.2 Å². The summed E-state index contributed by atoms with van der Waals surface area (Å²) in [5.74, 6) is 0.543. The number of rotatable bonds is 5. The highest BCUT2D eigenvalue weighted by Gasteiger charge is 2.26. The summed E-state index contributed by atoms with van der Waals surface area (Å²) in [5.41, 5.74) is 4.91. The molecule has 0 aliphatic carbocycles. The van der Waals surface area contributed by atoms with E-state index in [9.17, 15) is 15.2 Å². The molecule has 10 nitrogen and oxygen atoms in total. The lowest BCUT2D eigenvalue weighted by Gasteiger charge is -2.27. The van der Waals surface area contributed by atoms with Gasteiger partial charge in [0.2, 0.25) is 10.1 Å². The van der Waals surface area contributed by atoms with Gasteiger partial charge in [-0.15, -0.1) is 10.2 Å². The summed E-state index contributed by atoms with van der Waals surface area (Å²) >= 11 is 1.18. The van der Waals surface area contributed by atoms with Gasteiger partial charge >= 0.3 is 5.82 Å². The van der Waals surface area contributed by atoms with Crippen LogP contribution in [-0.4, -0.2) is 36.0 Å². The first kappa shape index (κ1) is 23.3. The van der Waals surface area contributed by atoms with E-state index in [1.165, 1.54) is 22.1 Å². The summed E-state index contributed by atoms with van der Waals surface area (Å²) in [7, 11) is 1.55. The fourth-order valence-corrected chi connectivity index (χ4v) is 3.89. The van der Waals surface area contributed by atoms with E-state index in [2.05, 4.69) is 67.3 Å². The van der Waals surface area contributed by atoms with Crippen molar-refractivity contribution in [1.29, 1.82) is 0 Å². The van der Waals surface area contributed by atoms with E-state index >= 15 is 0 Å². The number of benzene rings is 1. The van der Waals surface area contributed by atoms with Crippen LogP contribution in [0.2, 0.25) is 0 Å². The molecule has 0 atom stereocenters. The second-order valence-electron chi connectivity index (χ2n) is 9.50. The van der Waals surface area contributed by atoms with Crippen molar-refractivity contribution in [2.75, 3.05) is 5.43 Å². The molecule has 1 aromatic carbocycles. The highest BCUT2D eigenvalue weighted by Crippen LogP contribution is 2.39. The molecule has 170 valence electrons. The van der Waals surface area contributed by atoms with Gasteiger partial charge in [0, 0.05) is 11.1 Å². The molecular weight excluding hydrogens is 430 g/mol. The molecule has 3 aromatic rings. The normalized spacial score (nSPS) is 12.5. The molecule has 0 amide bonds. The van der Waals surface area contributed by atoms with Crippen LogP contribution in [-0.2, 0) is 17.9 Å². The second kappa shape index (κ2) is 8.30. The Morgan fingerprint density at radius 2 is 1.75 bits per heavy atom. The van der Waals surface area contributed by atoms with Crippen LogP contribution in [0, 0.1) is 10.1 Å². The Morgan fingerprint density at radius 1 is 1.16 bits per heavy atom. The van der Waals surface area contributed by atoms with Gasteiger partial charge in [0.05, 0.1) is 13.3 Å². The Labute approximate surface area is 190 Å².